The molecule has 0 N–H and O–H groups in total. The zero-order valence-electron chi connectivity index (χ0n) is 9.86. The third-order valence-electron chi connectivity index (χ3n) is 2.84. The number of Topliss-reactive ketones (excluding diaryl/α,β-unsaturated/α-hetero) is 1. The Bertz CT molecular complexity index is 317. The summed E-state index contributed by atoms with van der Waals surface area (Å²) >= 11 is 0. The van der Waals surface area contributed by atoms with Crippen molar-refractivity contribution in [3.63, 3.8) is 0 Å². The van der Waals surface area contributed by atoms with Gasteiger partial charge in [0.2, 0.25) is 0 Å². The summed E-state index contributed by atoms with van der Waals surface area (Å²) in [5.41, 5.74) is 0.734. The highest BCUT2D eigenvalue weighted by Gasteiger charge is 2.19. The second-order valence-corrected chi connectivity index (χ2v) is 3.95. The molecule has 1 heterocycles. The number of aryl methyl sites for hydroxylation is 1. The molecule has 1 rings (SSSR count). The lowest BCUT2D eigenvalue weighted by atomic mass is 9.93. The number of hydrogen-bond donors (Lipinski definition) is 0. The van der Waals surface area contributed by atoms with Crippen molar-refractivity contribution >= 4 is 5.78 Å². The first-order chi connectivity index (χ1) is 7.20. The van der Waals surface area contributed by atoms with Crippen molar-refractivity contribution in [3.05, 3.63) is 18.0 Å². The van der Waals surface area contributed by atoms with Crippen molar-refractivity contribution in [1.29, 1.82) is 0 Å². The van der Waals surface area contributed by atoms with Crippen LogP contribution in [-0.2, 0) is 7.05 Å². The van der Waals surface area contributed by atoms with Gasteiger partial charge in [-0.3, -0.25) is 9.48 Å². The van der Waals surface area contributed by atoms with Crippen molar-refractivity contribution in [2.24, 2.45) is 13.0 Å². The minimum absolute atomic E-state index is 0.167. The van der Waals surface area contributed by atoms with Crippen LogP contribution in [0.3, 0.4) is 0 Å². The second kappa shape index (κ2) is 5.69. The van der Waals surface area contributed by atoms with E-state index in [9.17, 15) is 4.79 Å². The summed E-state index contributed by atoms with van der Waals surface area (Å²) in [6.45, 7) is 4.23. The Labute approximate surface area is 91.5 Å². The first-order valence-corrected chi connectivity index (χ1v) is 5.72. The van der Waals surface area contributed by atoms with E-state index in [0.717, 1.165) is 31.4 Å². The van der Waals surface area contributed by atoms with Crippen molar-refractivity contribution in [2.45, 2.75) is 39.5 Å². The molecule has 1 atom stereocenters. The molecule has 0 aliphatic carbocycles. The Balaban J connectivity index is 2.69. The van der Waals surface area contributed by atoms with E-state index in [1.807, 2.05) is 7.05 Å². The molecule has 0 bridgehead atoms. The molecule has 0 spiro atoms. The number of aromatic nitrogens is 2. The molecule has 0 aliphatic rings. The zero-order valence-corrected chi connectivity index (χ0v) is 9.86. The lowest BCUT2D eigenvalue weighted by Crippen LogP contribution is -2.17. The largest absolute Gasteiger partial charge is 0.292 e. The maximum atomic E-state index is 12.1. The van der Waals surface area contributed by atoms with E-state index in [0.29, 0.717) is 0 Å². The summed E-state index contributed by atoms with van der Waals surface area (Å²) in [6.07, 6.45) is 5.87. The quantitative estimate of drug-likeness (QED) is 0.674. The number of carbonyl (C=O) groups excluding carboxylic acids is 1. The average Bonchev–Trinajstić information content (AvgIpc) is 2.65. The molecule has 1 unspecified atom stereocenters. The van der Waals surface area contributed by atoms with Gasteiger partial charge < -0.3 is 0 Å². The standard InChI is InChI=1S/C12H20N2O/c1-4-6-7-10(5-2)12(15)11-8-9-13-14(11)3/h8-10H,4-7H2,1-3H3. The third kappa shape index (κ3) is 2.91. The number of rotatable bonds is 6. The molecular weight excluding hydrogens is 188 g/mol. The Morgan fingerprint density at radius 2 is 2.27 bits per heavy atom. The molecule has 1 aromatic rings. The van der Waals surface area contributed by atoms with Gasteiger partial charge in [0.15, 0.2) is 5.78 Å². The van der Waals surface area contributed by atoms with Crippen LogP contribution in [-0.4, -0.2) is 15.6 Å². The van der Waals surface area contributed by atoms with Gasteiger partial charge in [0.1, 0.15) is 5.69 Å². The topological polar surface area (TPSA) is 34.9 Å². The predicted octanol–water partition coefficient (Wildman–Crippen LogP) is 2.82. The smallest absolute Gasteiger partial charge is 0.183 e. The van der Waals surface area contributed by atoms with Crippen molar-refractivity contribution in [3.8, 4) is 0 Å². The van der Waals surface area contributed by atoms with Crippen molar-refractivity contribution in [2.75, 3.05) is 0 Å². The SMILES string of the molecule is CCCCC(CC)C(=O)c1ccnn1C. The van der Waals surface area contributed by atoms with E-state index >= 15 is 0 Å². The molecule has 0 radical (unpaired) electrons. The lowest BCUT2D eigenvalue weighted by Gasteiger charge is -2.12. The van der Waals surface area contributed by atoms with Crippen molar-refractivity contribution in [1.82, 2.24) is 9.78 Å². The first-order valence-electron chi connectivity index (χ1n) is 5.72. The van der Waals surface area contributed by atoms with Gasteiger partial charge in [0.25, 0.3) is 0 Å². The number of nitrogens with zero attached hydrogens (tertiary/aromatic N) is 2. The van der Waals surface area contributed by atoms with Gasteiger partial charge in [-0.25, -0.2) is 0 Å². The van der Waals surface area contributed by atoms with E-state index in [2.05, 4.69) is 18.9 Å². The van der Waals surface area contributed by atoms with E-state index in [4.69, 9.17) is 0 Å². The molecule has 0 saturated heterocycles. The monoisotopic (exact) mass is 208 g/mol. The molecule has 0 aliphatic heterocycles. The minimum atomic E-state index is 0.167. The van der Waals surface area contributed by atoms with Gasteiger partial charge in [-0.1, -0.05) is 26.7 Å². The molecule has 0 fully saturated rings. The Morgan fingerprint density at radius 1 is 1.53 bits per heavy atom. The van der Waals surface area contributed by atoms with Crippen LogP contribution in [0, 0.1) is 5.92 Å². The number of carbonyl (C=O) groups is 1. The number of unbranched alkanes of at least 4 members (excludes halogenated alkanes) is 1. The van der Waals surface area contributed by atoms with Crippen LogP contribution in [0.25, 0.3) is 0 Å². The maximum Gasteiger partial charge on any atom is 0.183 e. The Kier molecular flexibility index (Phi) is 4.53. The minimum Gasteiger partial charge on any atom is -0.292 e. The first kappa shape index (κ1) is 12.0. The van der Waals surface area contributed by atoms with E-state index in [-0.39, 0.29) is 11.7 Å². The maximum absolute atomic E-state index is 12.1. The van der Waals surface area contributed by atoms with Gasteiger partial charge in [0, 0.05) is 19.2 Å². The summed E-state index contributed by atoms with van der Waals surface area (Å²) in [7, 11) is 1.82. The van der Waals surface area contributed by atoms with Gasteiger partial charge >= 0.3 is 0 Å². The van der Waals surface area contributed by atoms with Crippen LogP contribution in [0.2, 0.25) is 0 Å². The van der Waals surface area contributed by atoms with Gasteiger partial charge in [-0.05, 0) is 18.9 Å². The molecule has 15 heavy (non-hydrogen) atoms. The molecule has 3 heteroatoms. The highest BCUT2D eigenvalue weighted by atomic mass is 16.1. The van der Waals surface area contributed by atoms with Crippen molar-refractivity contribution < 1.29 is 4.79 Å². The predicted molar refractivity (Wildman–Crippen MR) is 60.8 cm³/mol. The third-order valence-corrected chi connectivity index (χ3v) is 2.84. The van der Waals surface area contributed by atoms with E-state index in [1.165, 1.54) is 0 Å². The van der Waals surface area contributed by atoms with Gasteiger partial charge in [-0.2, -0.15) is 5.10 Å². The van der Waals surface area contributed by atoms with Gasteiger partial charge in [0.05, 0.1) is 0 Å². The van der Waals surface area contributed by atoms with Crippen LogP contribution in [0.1, 0.15) is 50.0 Å². The number of ketones is 1. The highest BCUT2D eigenvalue weighted by molar-refractivity contribution is 5.96. The average molecular weight is 208 g/mol. The molecule has 0 aromatic carbocycles. The fraction of sp³-hybridized carbons (Fsp3) is 0.667. The second-order valence-electron chi connectivity index (χ2n) is 3.95. The summed E-state index contributed by atoms with van der Waals surface area (Å²) in [6, 6.07) is 1.80. The van der Waals surface area contributed by atoms with Crippen LogP contribution in [0.15, 0.2) is 12.3 Å². The molecule has 1 aromatic heterocycles. The van der Waals surface area contributed by atoms with Gasteiger partial charge in [-0.15, -0.1) is 0 Å². The van der Waals surface area contributed by atoms with Crippen LogP contribution in [0.5, 0.6) is 0 Å². The molecular formula is C12H20N2O. The fourth-order valence-corrected chi connectivity index (χ4v) is 1.80. The van der Waals surface area contributed by atoms with E-state index < -0.39 is 0 Å². The normalized spacial score (nSPS) is 12.7. The summed E-state index contributed by atoms with van der Waals surface area (Å²) in [5, 5.41) is 4.03. The lowest BCUT2D eigenvalue weighted by molar-refractivity contribution is 0.0898. The molecule has 0 saturated carbocycles. The summed E-state index contributed by atoms with van der Waals surface area (Å²) < 4.78 is 1.66. The number of hydrogen-bond acceptors (Lipinski definition) is 2. The summed E-state index contributed by atoms with van der Waals surface area (Å²) in [5.74, 6) is 0.409. The molecule has 84 valence electrons. The Hall–Kier alpha value is -1.12. The molecule has 3 nitrogen and oxygen atoms in total. The highest BCUT2D eigenvalue weighted by Crippen LogP contribution is 2.18. The summed E-state index contributed by atoms with van der Waals surface area (Å²) in [4.78, 5) is 12.1. The molecule has 0 amide bonds. The van der Waals surface area contributed by atoms with E-state index in [1.54, 1.807) is 16.9 Å². The van der Waals surface area contributed by atoms with Crippen LogP contribution < -0.4 is 0 Å². The fourth-order valence-electron chi connectivity index (χ4n) is 1.80. The Morgan fingerprint density at radius 3 is 2.73 bits per heavy atom. The van der Waals surface area contributed by atoms with Crippen LogP contribution >= 0.6 is 0 Å². The van der Waals surface area contributed by atoms with Crippen LogP contribution in [0.4, 0.5) is 0 Å². The zero-order chi connectivity index (χ0) is 11.3.